The van der Waals surface area contributed by atoms with E-state index in [1.54, 1.807) is 18.2 Å². The fraction of sp³-hybridized carbons (Fsp3) is 0.269. The molecule has 1 aromatic heterocycles. The van der Waals surface area contributed by atoms with Crippen LogP contribution in [0.25, 0.3) is 10.9 Å². The van der Waals surface area contributed by atoms with Crippen LogP contribution in [0.15, 0.2) is 48.7 Å². The van der Waals surface area contributed by atoms with Crippen LogP contribution in [-0.4, -0.2) is 43.0 Å². The largest absolute Gasteiger partial charge is 0.492 e. The first kappa shape index (κ1) is 27.6. The van der Waals surface area contributed by atoms with E-state index in [1.807, 2.05) is 39.8 Å². The Bertz CT molecular complexity index is 1250. The van der Waals surface area contributed by atoms with Crippen LogP contribution in [-0.2, 0) is 4.79 Å². The van der Waals surface area contributed by atoms with Crippen molar-refractivity contribution in [3.8, 4) is 11.8 Å². The molecular weight excluding hydrogens is 469 g/mol. The molecule has 0 atom stereocenters. The molecule has 1 heterocycles. The number of hydrogen-bond acceptors (Lipinski definition) is 6. The van der Waals surface area contributed by atoms with E-state index in [-0.39, 0.29) is 16.5 Å². The summed E-state index contributed by atoms with van der Waals surface area (Å²) in [6.07, 6.45) is 4.63. The fourth-order valence-electron chi connectivity index (χ4n) is 3.08. The molecule has 7 nitrogen and oxygen atoms in total. The fourth-order valence-corrected chi connectivity index (χ4v) is 3.26. The number of anilines is 3. The summed E-state index contributed by atoms with van der Waals surface area (Å²) in [7, 11) is 3.81. The van der Waals surface area contributed by atoms with Crippen LogP contribution in [0, 0.1) is 17.1 Å². The van der Waals surface area contributed by atoms with Gasteiger partial charge in [0.1, 0.15) is 17.6 Å². The SMILES string of the molecule is CC.CCOc1cc2ncc(C#N)c(Nc3ccc(F)c(Cl)c3)c2cc1NC(=O)/C=C/CN(C)C. The van der Waals surface area contributed by atoms with Gasteiger partial charge in [-0.05, 0) is 45.3 Å². The number of rotatable bonds is 8. The van der Waals surface area contributed by atoms with E-state index in [4.69, 9.17) is 16.3 Å². The Morgan fingerprint density at radius 3 is 2.66 bits per heavy atom. The molecule has 0 spiro atoms. The van der Waals surface area contributed by atoms with E-state index in [0.717, 1.165) is 0 Å². The number of benzene rings is 2. The van der Waals surface area contributed by atoms with Gasteiger partial charge in [-0.2, -0.15) is 5.26 Å². The number of ether oxygens (including phenoxy) is 1. The number of amides is 1. The van der Waals surface area contributed by atoms with Crippen molar-refractivity contribution in [1.29, 1.82) is 5.26 Å². The van der Waals surface area contributed by atoms with Gasteiger partial charge in [-0.25, -0.2) is 4.39 Å². The van der Waals surface area contributed by atoms with Crippen molar-refractivity contribution in [2.45, 2.75) is 20.8 Å². The lowest BCUT2D eigenvalue weighted by Crippen LogP contribution is -2.13. The first-order valence-electron chi connectivity index (χ1n) is 11.2. The van der Waals surface area contributed by atoms with Gasteiger partial charge in [0.15, 0.2) is 0 Å². The maximum Gasteiger partial charge on any atom is 0.248 e. The molecule has 184 valence electrons. The van der Waals surface area contributed by atoms with Crippen LogP contribution in [0.1, 0.15) is 26.3 Å². The molecule has 35 heavy (non-hydrogen) atoms. The number of nitriles is 1. The number of pyridine rings is 1. The third-order valence-corrected chi connectivity index (χ3v) is 4.87. The molecule has 9 heteroatoms. The molecule has 0 fully saturated rings. The Labute approximate surface area is 210 Å². The molecular formula is C26H29ClFN5O2. The number of carbonyl (C=O) groups is 1. The molecule has 0 aliphatic rings. The van der Waals surface area contributed by atoms with Crippen molar-refractivity contribution in [2.75, 3.05) is 37.9 Å². The zero-order chi connectivity index (χ0) is 26.0. The van der Waals surface area contributed by atoms with Gasteiger partial charge in [0, 0.05) is 36.0 Å². The number of likely N-dealkylation sites (N-methyl/N-ethyl adjacent to an activating group) is 1. The maximum absolute atomic E-state index is 13.6. The number of carbonyl (C=O) groups excluding carboxylic acids is 1. The lowest BCUT2D eigenvalue weighted by molar-refractivity contribution is -0.111. The topological polar surface area (TPSA) is 90.3 Å². The van der Waals surface area contributed by atoms with E-state index in [9.17, 15) is 14.4 Å². The summed E-state index contributed by atoms with van der Waals surface area (Å²) in [6, 6.07) is 9.67. The second-order valence-corrected chi connectivity index (χ2v) is 7.77. The molecule has 2 N–H and O–H groups in total. The third kappa shape index (κ3) is 7.41. The van der Waals surface area contributed by atoms with Crippen molar-refractivity contribution >= 4 is 45.5 Å². The lowest BCUT2D eigenvalue weighted by atomic mass is 10.1. The molecule has 3 rings (SSSR count). The van der Waals surface area contributed by atoms with Crippen molar-refractivity contribution < 1.29 is 13.9 Å². The average Bonchev–Trinajstić information content (AvgIpc) is 2.83. The van der Waals surface area contributed by atoms with Crippen molar-refractivity contribution in [1.82, 2.24) is 9.88 Å². The first-order chi connectivity index (χ1) is 16.8. The Kier molecular flexibility index (Phi) is 10.5. The molecule has 0 saturated carbocycles. The van der Waals surface area contributed by atoms with Gasteiger partial charge in [0.25, 0.3) is 0 Å². The van der Waals surface area contributed by atoms with Crippen molar-refractivity contribution in [3.63, 3.8) is 0 Å². The summed E-state index contributed by atoms with van der Waals surface area (Å²) < 4.78 is 19.3. The Hall–Kier alpha value is -3.67. The Balaban J connectivity index is 0.00000210. The van der Waals surface area contributed by atoms with Crippen molar-refractivity contribution in [2.24, 2.45) is 0 Å². The normalized spacial score (nSPS) is 10.6. The summed E-state index contributed by atoms with van der Waals surface area (Å²) in [5.41, 5.74) is 2.20. The number of fused-ring (bicyclic) bond motifs is 1. The number of aromatic nitrogens is 1. The third-order valence-electron chi connectivity index (χ3n) is 4.58. The van der Waals surface area contributed by atoms with Crippen LogP contribution in [0.5, 0.6) is 5.75 Å². The predicted molar refractivity (Wildman–Crippen MR) is 140 cm³/mol. The van der Waals surface area contributed by atoms with E-state index < -0.39 is 5.82 Å². The highest BCUT2D eigenvalue weighted by atomic mass is 35.5. The van der Waals surface area contributed by atoms with Crippen LogP contribution < -0.4 is 15.4 Å². The highest BCUT2D eigenvalue weighted by molar-refractivity contribution is 6.31. The van der Waals surface area contributed by atoms with Gasteiger partial charge in [-0.15, -0.1) is 0 Å². The summed E-state index contributed by atoms with van der Waals surface area (Å²) >= 11 is 5.91. The minimum absolute atomic E-state index is 0.0482. The zero-order valence-corrected chi connectivity index (χ0v) is 21.2. The Morgan fingerprint density at radius 2 is 2.03 bits per heavy atom. The number of hydrogen-bond donors (Lipinski definition) is 2. The zero-order valence-electron chi connectivity index (χ0n) is 20.4. The average molecular weight is 498 g/mol. The minimum atomic E-state index is -0.545. The van der Waals surface area contributed by atoms with Gasteiger partial charge < -0.3 is 20.3 Å². The smallest absolute Gasteiger partial charge is 0.248 e. The predicted octanol–water partition coefficient (Wildman–Crippen LogP) is 6.12. The molecule has 0 radical (unpaired) electrons. The molecule has 1 amide bonds. The first-order valence-corrected chi connectivity index (χ1v) is 11.5. The molecule has 2 aromatic carbocycles. The van der Waals surface area contributed by atoms with E-state index in [1.165, 1.54) is 30.5 Å². The highest BCUT2D eigenvalue weighted by Gasteiger charge is 2.15. The van der Waals surface area contributed by atoms with Crippen LogP contribution in [0.2, 0.25) is 5.02 Å². The summed E-state index contributed by atoms with van der Waals surface area (Å²) in [5, 5.41) is 16.1. The number of halogens is 2. The van der Waals surface area contributed by atoms with Gasteiger partial charge in [0.05, 0.1) is 34.1 Å². The maximum atomic E-state index is 13.6. The molecule has 3 aromatic rings. The van der Waals surface area contributed by atoms with E-state index in [2.05, 4.69) is 21.7 Å². The van der Waals surface area contributed by atoms with E-state index >= 15 is 0 Å². The number of nitrogens with one attached hydrogen (secondary N) is 2. The summed E-state index contributed by atoms with van der Waals surface area (Å²) in [5.74, 6) is -0.412. The molecule has 0 aliphatic carbocycles. The quantitative estimate of drug-likeness (QED) is 0.364. The molecule has 0 aliphatic heterocycles. The monoisotopic (exact) mass is 497 g/mol. The summed E-state index contributed by atoms with van der Waals surface area (Å²) in [6.45, 7) is 6.85. The lowest BCUT2D eigenvalue weighted by Gasteiger charge is -2.16. The molecule has 0 unspecified atom stereocenters. The van der Waals surface area contributed by atoms with Gasteiger partial charge in [0.2, 0.25) is 5.91 Å². The van der Waals surface area contributed by atoms with Gasteiger partial charge in [-0.3, -0.25) is 9.78 Å². The highest BCUT2D eigenvalue weighted by Crippen LogP contribution is 2.36. The molecule has 0 saturated heterocycles. The van der Waals surface area contributed by atoms with Crippen LogP contribution >= 0.6 is 11.6 Å². The second kappa shape index (κ2) is 13.3. The Morgan fingerprint density at radius 1 is 1.29 bits per heavy atom. The standard InChI is InChI=1S/C24H23ClFN5O2.C2H6/c1-4-33-22-12-20-17(11-21(22)30-23(32)6-5-9-31(2)3)24(15(13-27)14-28-20)29-16-7-8-19(26)18(25)10-16;1-2/h5-8,10-12,14H,4,9H2,1-3H3,(H,28,29)(H,30,32);1-2H3/b6-5+;. The van der Waals surface area contributed by atoms with Crippen LogP contribution in [0.4, 0.5) is 21.5 Å². The van der Waals surface area contributed by atoms with Gasteiger partial charge >= 0.3 is 0 Å². The van der Waals surface area contributed by atoms with Crippen LogP contribution in [0.3, 0.4) is 0 Å². The summed E-state index contributed by atoms with van der Waals surface area (Å²) in [4.78, 5) is 18.7. The van der Waals surface area contributed by atoms with Crippen molar-refractivity contribution in [3.05, 3.63) is 65.1 Å². The second-order valence-electron chi connectivity index (χ2n) is 7.36. The number of nitrogens with zero attached hydrogens (tertiary/aromatic N) is 3. The minimum Gasteiger partial charge on any atom is -0.492 e. The van der Waals surface area contributed by atoms with Gasteiger partial charge in [-0.1, -0.05) is 31.5 Å². The van der Waals surface area contributed by atoms with E-state index in [0.29, 0.717) is 46.9 Å². The molecule has 0 bridgehead atoms.